The van der Waals surface area contributed by atoms with Crippen LogP contribution in [0.3, 0.4) is 0 Å². The van der Waals surface area contributed by atoms with Gasteiger partial charge in [0.1, 0.15) is 17.0 Å². The van der Waals surface area contributed by atoms with Gasteiger partial charge in [0.2, 0.25) is 0 Å². The quantitative estimate of drug-likeness (QED) is 0.893. The number of nitrogen functional groups attached to an aromatic ring is 1. The van der Waals surface area contributed by atoms with Crippen molar-refractivity contribution in [3.8, 4) is 0 Å². The van der Waals surface area contributed by atoms with Crippen LogP contribution in [0.15, 0.2) is 18.2 Å². The van der Waals surface area contributed by atoms with Gasteiger partial charge in [0.25, 0.3) is 0 Å². The Balaban J connectivity index is 2.34. The summed E-state index contributed by atoms with van der Waals surface area (Å²) in [6.07, 6.45) is 0. The number of sulfone groups is 1. The number of hydrogen-bond acceptors (Lipinski definition) is 6. The van der Waals surface area contributed by atoms with E-state index in [9.17, 15) is 8.42 Å². The highest BCUT2D eigenvalue weighted by atomic mass is 32.2. The van der Waals surface area contributed by atoms with E-state index >= 15 is 0 Å². The van der Waals surface area contributed by atoms with Crippen LogP contribution in [0.4, 0.5) is 11.6 Å². The van der Waals surface area contributed by atoms with Crippen molar-refractivity contribution >= 4 is 33.2 Å². The number of rotatable bonds is 3. The maximum atomic E-state index is 12.1. The smallest absolute Gasteiger partial charge is 0.171 e. The second-order valence-corrected chi connectivity index (χ2v) is 7.69. The number of nitrogens with two attached hydrogens (primary N) is 1. The zero-order valence-corrected chi connectivity index (χ0v) is 11.9. The fourth-order valence-corrected chi connectivity index (χ4v) is 4.91. The van der Waals surface area contributed by atoms with Gasteiger partial charge in [-0.25, -0.2) is 13.4 Å². The highest BCUT2D eigenvalue weighted by Crippen LogP contribution is 2.26. The van der Waals surface area contributed by atoms with Crippen LogP contribution in [0.1, 0.15) is 6.92 Å². The van der Waals surface area contributed by atoms with E-state index in [4.69, 9.17) is 5.73 Å². The van der Waals surface area contributed by atoms with E-state index in [0.717, 1.165) is 5.75 Å². The average Bonchev–Trinajstić information content (AvgIpc) is 2.39. The topological polar surface area (TPSA) is 76.3 Å². The molecule has 0 spiro atoms. The van der Waals surface area contributed by atoms with Crippen LogP contribution < -0.4 is 10.6 Å². The lowest BCUT2D eigenvalue weighted by Gasteiger charge is -2.35. The lowest BCUT2D eigenvalue weighted by Crippen LogP contribution is -2.48. The summed E-state index contributed by atoms with van der Waals surface area (Å²) in [4.78, 5) is 6.08. The monoisotopic (exact) mass is 287 g/mol. The molecule has 1 aliphatic heterocycles. The molecule has 1 fully saturated rings. The van der Waals surface area contributed by atoms with Gasteiger partial charge >= 0.3 is 0 Å². The van der Waals surface area contributed by atoms with Crippen LogP contribution in [0.2, 0.25) is 0 Å². The SMILES string of the molecule is CCS(=O)(=O)C1CSCCN1c1cccc(N)n1. The van der Waals surface area contributed by atoms with Crippen molar-refractivity contribution in [3.05, 3.63) is 18.2 Å². The van der Waals surface area contributed by atoms with Crippen LogP contribution in [-0.4, -0.2) is 42.6 Å². The maximum absolute atomic E-state index is 12.1. The Labute approximate surface area is 112 Å². The number of aromatic nitrogens is 1. The van der Waals surface area contributed by atoms with E-state index in [1.54, 1.807) is 30.8 Å². The average molecular weight is 287 g/mol. The van der Waals surface area contributed by atoms with Crippen molar-refractivity contribution in [1.82, 2.24) is 4.98 Å². The van der Waals surface area contributed by atoms with E-state index in [1.165, 1.54) is 0 Å². The van der Waals surface area contributed by atoms with E-state index in [-0.39, 0.29) is 5.75 Å². The Morgan fingerprint density at radius 2 is 2.33 bits per heavy atom. The third-order valence-electron chi connectivity index (χ3n) is 2.95. The predicted octanol–water partition coefficient (Wildman–Crippen LogP) is 0.978. The van der Waals surface area contributed by atoms with Gasteiger partial charge < -0.3 is 10.6 Å². The molecular formula is C11H17N3O2S2. The summed E-state index contributed by atoms with van der Waals surface area (Å²) in [6.45, 7) is 2.37. The Bertz CT molecular complexity index is 519. The van der Waals surface area contributed by atoms with Crippen LogP contribution in [0, 0.1) is 0 Å². The molecular weight excluding hydrogens is 270 g/mol. The van der Waals surface area contributed by atoms with Gasteiger partial charge in [0.15, 0.2) is 9.84 Å². The lowest BCUT2D eigenvalue weighted by atomic mass is 10.4. The Hall–Kier alpha value is -0.950. The molecule has 1 saturated heterocycles. The second-order valence-electron chi connectivity index (χ2n) is 4.10. The molecule has 2 N–H and O–H groups in total. The predicted molar refractivity (Wildman–Crippen MR) is 76.6 cm³/mol. The van der Waals surface area contributed by atoms with E-state index < -0.39 is 15.2 Å². The first-order valence-corrected chi connectivity index (χ1v) is 8.70. The molecule has 0 aliphatic carbocycles. The van der Waals surface area contributed by atoms with Crippen molar-refractivity contribution < 1.29 is 8.42 Å². The van der Waals surface area contributed by atoms with Crippen LogP contribution in [-0.2, 0) is 9.84 Å². The van der Waals surface area contributed by atoms with Crippen LogP contribution in [0.5, 0.6) is 0 Å². The summed E-state index contributed by atoms with van der Waals surface area (Å²) >= 11 is 1.67. The Kier molecular flexibility index (Phi) is 4.01. The molecule has 5 nitrogen and oxygen atoms in total. The van der Waals surface area contributed by atoms with Gasteiger partial charge in [-0.1, -0.05) is 13.0 Å². The van der Waals surface area contributed by atoms with Gasteiger partial charge in [0, 0.05) is 23.8 Å². The summed E-state index contributed by atoms with van der Waals surface area (Å²) in [5.41, 5.74) is 5.66. The molecule has 1 aromatic heterocycles. The first kappa shape index (κ1) is 13.5. The van der Waals surface area contributed by atoms with E-state index in [2.05, 4.69) is 4.98 Å². The summed E-state index contributed by atoms with van der Waals surface area (Å²) in [6, 6.07) is 5.31. The zero-order chi connectivity index (χ0) is 13.2. The highest BCUT2D eigenvalue weighted by molar-refractivity contribution is 8.01. The van der Waals surface area contributed by atoms with Crippen molar-refractivity contribution in [3.63, 3.8) is 0 Å². The molecule has 7 heteroatoms. The largest absolute Gasteiger partial charge is 0.384 e. The van der Waals surface area contributed by atoms with E-state index in [1.807, 2.05) is 11.0 Å². The van der Waals surface area contributed by atoms with Gasteiger partial charge in [-0.05, 0) is 12.1 Å². The number of pyridine rings is 1. The molecule has 0 saturated carbocycles. The zero-order valence-electron chi connectivity index (χ0n) is 10.2. The minimum atomic E-state index is -3.11. The summed E-state index contributed by atoms with van der Waals surface area (Å²) in [5.74, 6) is 2.71. The standard InChI is InChI=1S/C11H17N3O2S2/c1-2-18(15,16)11-8-17-7-6-14(11)10-5-3-4-9(12)13-10/h3-5,11H,2,6-8H2,1H3,(H2,12,13). The highest BCUT2D eigenvalue weighted by Gasteiger charge is 2.33. The summed E-state index contributed by atoms with van der Waals surface area (Å²) in [5, 5.41) is -0.490. The molecule has 1 aromatic rings. The minimum absolute atomic E-state index is 0.150. The van der Waals surface area contributed by atoms with Crippen LogP contribution in [0.25, 0.3) is 0 Å². The summed E-state index contributed by atoms with van der Waals surface area (Å²) in [7, 11) is -3.11. The molecule has 0 amide bonds. The van der Waals surface area contributed by atoms with Gasteiger partial charge in [0.05, 0.1) is 0 Å². The van der Waals surface area contributed by atoms with E-state index in [0.29, 0.717) is 23.9 Å². The second kappa shape index (κ2) is 5.36. The lowest BCUT2D eigenvalue weighted by molar-refractivity contribution is 0.579. The van der Waals surface area contributed by atoms with Crippen molar-refractivity contribution in [2.45, 2.75) is 12.3 Å². The molecule has 0 aromatic carbocycles. The van der Waals surface area contributed by atoms with Gasteiger partial charge in [-0.15, -0.1) is 0 Å². The molecule has 0 radical (unpaired) electrons. The third kappa shape index (κ3) is 2.72. The Morgan fingerprint density at radius 1 is 1.56 bits per heavy atom. The molecule has 1 aliphatic rings. The normalized spacial score (nSPS) is 20.9. The number of anilines is 2. The van der Waals surface area contributed by atoms with Crippen molar-refractivity contribution in [2.24, 2.45) is 0 Å². The molecule has 2 rings (SSSR count). The fraction of sp³-hybridized carbons (Fsp3) is 0.545. The minimum Gasteiger partial charge on any atom is -0.384 e. The Morgan fingerprint density at radius 3 is 3.00 bits per heavy atom. The molecule has 100 valence electrons. The van der Waals surface area contributed by atoms with Crippen LogP contribution >= 0.6 is 11.8 Å². The first-order valence-electron chi connectivity index (χ1n) is 5.83. The molecule has 1 unspecified atom stereocenters. The molecule has 1 atom stereocenters. The number of thioether (sulfide) groups is 1. The van der Waals surface area contributed by atoms with Gasteiger partial charge in [-0.3, -0.25) is 0 Å². The van der Waals surface area contributed by atoms with Gasteiger partial charge in [-0.2, -0.15) is 11.8 Å². The molecule has 18 heavy (non-hydrogen) atoms. The maximum Gasteiger partial charge on any atom is 0.171 e. The summed E-state index contributed by atoms with van der Waals surface area (Å²) < 4.78 is 24.2. The number of hydrogen-bond donors (Lipinski definition) is 1. The van der Waals surface area contributed by atoms with Crippen molar-refractivity contribution in [2.75, 3.05) is 34.4 Å². The molecule has 0 bridgehead atoms. The first-order chi connectivity index (χ1) is 8.54. The van der Waals surface area contributed by atoms with Crippen molar-refractivity contribution in [1.29, 1.82) is 0 Å². The number of nitrogens with zero attached hydrogens (tertiary/aromatic N) is 2. The molecule has 2 heterocycles. The fourth-order valence-electron chi connectivity index (χ4n) is 1.93. The third-order valence-corrected chi connectivity index (χ3v) is 6.24.